The van der Waals surface area contributed by atoms with E-state index < -0.39 is 0 Å². The van der Waals surface area contributed by atoms with Gasteiger partial charge in [0, 0.05) is 0 Å². The normalized spacial score (nSPS) is 17.5. The highest BCUT2D eigenvalue weighted by Crippen LogP contribution is 2.08. The summed E-state index contributed by atoms with van der Waals surface area (Å²) in [5.74, 6) is 1.26. The molecule has 0 fully saturated rings. The van der Waals surface area contributed by atoms with Gasteiger partial charge in [0.1, 0.15) is 5.84 Å². The van der Waals surface area contributed by atoms with E-state index in [4.69, 9.17) is 11.1 Å². The molecule has 0 amide bonds. The van der Waals surface area contributed by atoms with E-state index in [0.29, 0.717) is 16.8 Å². The van der Waals surface area contributed by atoms with Crippen LogP contribution in [0.5, 0.6) is 0 Å². The molecular weight excluding hydrogens is 146 g/mol. The second-order valence-corrected chi connectivity index (χ2v) is 2.16. The Bertz CT molecular complexity index is 132. The minimum Gasteiger partial charge on any atom is -1.00 e. The molecule has 0 saturated heterocycles. The summed E-state index contributed by atoms with van der Waals surface area (Å²) in [7, 11) is 0. The first kappa shape index (κ1) is 7.78. The lowest BCUT2D eigenvalue weighted by Gasteiger charge is -1.76. The van der Waals surface area contributed by atoms with Gasteiger partial charge < -0.3 is 18.1 Å². The topological polar surface area (TPSA) is 62.2 Å². The van der Waals surface area contributed by atoms with Crippen molar-refractivity contribution in [2.45, 2.75) is 0 Å². The number of nitrogens with one attached hydrogen (secondary N) is 1. The third-order valence-electron chi connectivity index (χ3n) is 0.602. The molecule has 1 aliphatic heterocycles. The number of hydrogen-bond acceptors (Lipinski definition) is 3. The summed E-state index contributed by atoms with van der Waals surface area (Å²) < 4.78 is 0. The second kappa shape index (κ2) is 2.94. The highest BCUT2D eigenvalue weighted by atomic mass is 35.5. The van der Waals surface area contributed by atoms with Crippen LogP contribution in [-0.2, 0) is 0 Å². The average Bonchev–Trinajstić information content (AvgIpc) is 1.87. The summed E-state index contributed by atoms with van der Waals surface area (Å²) in [5.41, 5.74) is 5.21. The zero-order chi connectivity index (χ0) is 5.28. The standard InChI is InChI=1S/C3H5N3S.ClH/c4-2-1-7-3(5)6-2;/h1H2,(H3,4,5,6);1H/p-1. The minimum atomic E-state index is 0. The smallest absolute Gasteiger partial charge is 0.182 e. The summed E-state index contributed by atoms with van der Waals surface area (Å²) in [5, 5.41) is 7.21. The lowest BCUT2D eigenvalue weighted by molar-refractivity contribution is -0.00000184. The number of rotatable bonds is 0. The number of hydrogen-bond donors (Lipinski definition) is 2. The Balaban J connectivity index is 0.000000490. The van der Waals surface area contributed by atoms with Gasteiger partial charge in [0.05, 0.1) is 5.75 Å². The molecule has 0 aliphatic carbocycles. The Morgan fingerprint density at radius 3 is 2.50 bits per heavy atom. The molecule has 3 N–H and O–H groups in total. The van der Waals surface area contributed by atoms with Crippen molar-refractivity contribution in [3.8, 4) is 0 Å². The summed E-state index contributed by atoms with van der Waals surface area (Å²) in [6.07, 6.45) is 0. The van der Waals surface area contributed by atoms with Crippen LogP contribution in [0.15, 0.2) is 4.99 Å². The van der Waals surface area contributed by atoms with Crippen molar-refractivity contribution >= 4 is 22.8 Å². The van der Waals surface area contributed by atoms with Crippen LogP contribution < -0.4 is 18.1 Å². The molecule has 0 unspecified atom stereocenters. The fourth-order valence-electron chi connectivity index (χ4n) is 0.337. The van der Waals surface area contributed by atoms with Crippen molar-refractivity contribution in [1.29, 1.82) is 5.41 Å². The molecule has 0 bridgehead atoms. The fraction of sp³-hybridized carbons (Fsp3) is 0.333. The Labute approximate surface area is 57.7 Å². The molecule has 3 nitrogen and oxygen atoms in total. The molecule has 0 atom stereocenters. The molecule has 8 heavy (non-hydrogen) atoms. The zero-order valence-corrected chi connectivity index (χ0v) is 5.59. The van der Waals surface area contributed by atoms with Crippen molar-refractivity contribution in [2.24, 2.45) is 10.7 Å². The Morgan fingerprint density at radius 1 is 1.75 bits per heavy atom. The molecule has 0 aromatic heterocycles. The molecule has 46 valence electrons. The third kappa shape index (κ3) is 1.71. The van der Waals surface area contributed by atoms with Gasteiger partial charge in [0.25, 0.3) is 0 Å². The monoisotopic (exact) mass is 150 g/mol. The maximum atomic E-state index is 6.87. The number of nitrogens with zero attached hydrogens (tertiary/aromatic N) is 1. The van der Waals surface area contributed by atoms with Gasteiger partial charge in [-0.15, -0.1) is 0 Å². The van der Waals surface area contributed by atoms with Crippen molar-refractivity contribution in [3.05, 3.63) is 0 Å². The van der Waals surface area contributed by atoms with Crippen molar-refractivity contribution in [3.63, 3.8) is 0 Å². The van der Waals surface area contributed by atoms with Crippen molar-refractivity contribution in [2.75, 3.05) is 5.75 Å². The third-order valence-corrected chi connectivity index (χ3v) is 1.41. The number of thioether (sulfide) groups is 1. The highest BCUT2D eigenvalue weighted by Gasteiger charge is 2.05. The van der Waals surface area contributed by atoms with Crippen LogP contribution in [0.4, 0.5) is 0 Å². The second-order valence-electron chi connectivity index (χ2n) is 1.20. The van der Waals surface area contributed by atoms with Crippen LogP contribution in [0.1, 0.15) is 0 Å². The summed E-state index contributed by atoms with van der Waals surface area (Å²) in [6, 6.07) is 0. The van der Waals surface area contributed by atoms with E-state index in [-0.39, 0.29) is 12.4 Å². The van der Waals surface area contributed by atoms with Gasteiger partial charge in [-0.25, -0.2) is 4.99 Å². The molecule has 1 aliphatic rings. The SMILES string of the molecule is N=C1N=C(N)CS1.[Cl-]. The Kier molecular flexibility index (Phi) is 2.86. The predicted molar refractivity (Wildman–Crippen MR) is 31.8 cm³/mol. The minimum absolute atomic E-state index is 0. The van der Waals surface area contributed by atoms with Gasteiger partial charge in [0.2, 0.25) is 0 Å². The number of halogens is 1. The van der Waals surface area contributed by atoms with Crippen LogP contribution >= 0.6 is 11.8 Å². The van der Waals surface area contributed by atoms with Crippen molar-refractivity contribution in [1.82, 2.24) is 0 Å². The van der Waals surface area contributed by atoms with E-state index >= 15 is 0 Å². The fourth-order valence-corrected chi connectivity index (χ4v) is 0.868. The maximum absolute atomic E-state index is 6.87. The van der Waals surface area contributed by atoms with Gasteiger partial charge >= 0.3 is 0 Å². The van der Waals surface area contributed by atoms with Gasteiger partial charge in [0.15, 0.2) is 5.17 Å². The zero-order valence-electron chi connectivity index (χ0n) is 4.02. The lowest BCUT2D eigenvalue weighted by atomic mass is 10.7. The number of aliphatic imine (C=N–C) groups is 1. The van der Waals surface area contributed by atoms with E-state index in [0.717, 1.165) is 0 Å². The first-order chi connectivity index (χ1) is 3.29. The average molecular weight is 151 g/mol. The predicted octanol–water partition coefficient (Wildman–Crippen LogP) is -2.97. The van der Waals surface area contributed by atoms with Gasteiger partial charge in [-0.05, 0) is 0 Å². The molecule has 0 aromatic carbocycles. The summed E-state index contributed by atoms with van der Waals surface area (Å²) in [4.78, 5) is 3.63. The Hall–Kier alpha value is -0.220. The van der Waals surface area contributed by atoms with Crippen LogP contribution in [0.3, 0.4) is 0 Å². The van der Waals surface area contributed by atoms with E-state index in [1.54, 1.807) is 0 Å². The van der Waals surface area contributed by atoms with E-state index in [1.807, 2.05) is 0 Å². The largest absolute Gasteiger partial charge is 1.00 e. The molecular formula is C3H5ClN3S-. The first-order valence-corrected chi connectivity index (χ1v) is 2.82. The van der Waals surface area contributed by atoms with Crippen LogP contribution in [-0.4, -0.2) is 16.8 Å². The molecule has 1 heterocycles. The summed E-state index contributed by atoms with van der Waals surface area (Å²) in [6.45, 7) is 0. The van der Waals surface area contributed by atoms with Crippen molar-refractivity contribution < 1.29 is 12.4 Å². The molecule has 0 saturated carbocycles. The Morgan fingerprint density at radius 2 is 2.38 bits per heavy atom. The lowest BCUT2D eigenvalue weighted by Crippen LogP contribution is -3.00. The van der Waals surface area contributed by atoms with Gasteiger partial charge in [-0.3, -0.25) is 5.41 Å². The highest BCUT2D eigenvalue weighted by molar-refractivity contribution is 8.14. The summed E-state index contributed by atoms with van der Waals surface area (Å²) >= 11 is 1.36. The van der Waals surface area contributed by atoms with Gasteiger partial charge in [-0.2, -0.15) is 0 Å². The molecule has 1 rings (SSSR count). The van der Waals surface area contributed by atoms with E-state index in [9.17, 15) is 0 Å². The molecule has 0 spiro atoms. The van der Waals surface area contributed by atoms with E-state index in [1.165, 1.54) is 11.8 Å². The molecule has 5 heteroatoms. The quantitative estimate of drug-likeness (QED) is 0.388. The maximum Gasteiger partial charge on any atom is 0.182 e. The van der Waals surface area contributed by atoms with Crippen LogP contribution in [0.25, 0.3) is 0 Å². The number of nitrogens with two attached hydrogens (primary N) is 1. The number of amidine groups is 2. The van der Waals surface area contributed by atoms with Crippen LogP contribution in [0, 0.1) is 5.41 Å². The molecule has 0 radical (unpaired) electrons. The van der Waals surface area contributed by atoms with Crippen LogP contribution in [0.2, 0.25) is 0 Å². The van der Waals surface area contributed by atoms with Gasteiger partial charge in [-0.1, -0.05) is 11.8 Å². The van der Waals surface area contributed by atoms with E-state index in [2.05, 4.69) is 4.99 Å². The first-order valence-electron chi connectivity index (χ1n) is 1.83. The molecule has 0 aromatic rings.